The molecule has 0 radical (unpaired) electrons. The summed E-state index contributed by atoms with van der Waals surface area (Å²) >= 11 is 5.13. The second kappa shape index (κ2) is 5.17. The van der Waals surface area contributed by atoms with Crippen LogP contribution in [-0.4, -0.2) is 0 Å². The minimum absolute atomic E-state index is 0.363. The first-order chi connectivity index (χ1) is 7.65. The van der Waals surface area contributed by atoms with Crippen LogP contribution in [0.15, 0.2) is 33.4 Å². The Labute approximate surface area is 108 Å². The average molecular weight is 300 g/mol. The van der Waals surface area contributed by atoms with Gasteiger partial charge < -0.3 is 9.73 Å². The van der Waals surface area contributed by atoms with E-state index in [1.165, 1.54) is 9.75 Å². The Morgan fingerprint density at radius 3 is 2.75 bits per heavy atom. The van der Waals surface area contributed by atoms with Gasteiger partial charge in [0.1, 0.15) is 5.76 Å². The number of aryl methyl sites for hydroxylation is 1. The van der Waals surface area contributed by atoms with Crippen molar-refractivity contribution >= 4 is 27.3 Å². The zero-order chi connectivity index (χ0) is 11.5. The van der Waals surface area contributed by atoms with E-state index >= 15 is 0 Å². The lowest BCUT2D eigenvalue weighted by atomic mass is 10.2. The maximum Gasteiger partial charge on any atom is 0.169 e. The zero-order valence-electron chi connectivity index (χ0n) is 9.29. The molecule has 86 valence electrons. The second-order valence-corrected chi connectivity index (χ2v) is 5.86. The lowest BCUT2D eigenvalue weighted by Crippen LogP contribution is -2.16. The van der Waals surface area contributed by atoms with Gasteiger partial charge in [-0.05, 0) is 54.0 Å². The van der Waals surface area contributed by atoms with Gasteiger partial charge in [-0.25, -0.2) is 0 Å². The fourth-order valence-corrected chi connectivity index (χ4v) is 2.73. The summed E-state index contributed by atoms with van der Waals surface area (Å²) in [5.74, 6) is 0.951. The van der Waals surface area contributed by atoms with Gasteiger partial charge in [0.15, 0.2) is 4.67 Å². The molecule has 0 saturated carbocycles. The van der Waals surface area contributed by atoms with Crippen LogP contribution in [0.2, 0.25) is 0 Å². The van der Waals surface area contributed by atoms with Gasteiger partial charge in [-0.15, -0.1) is 11.3 Å². The molecular formula is C12H14BrNOS. The molecule has 16 heavy (non-hydrogen) atoms. The van der Waals surface area contributed by atoms with Crippen LogP contribution < -0.4 is 5.32 Å². The summed E-state index contributed by atoms with van der Waals surface area (Å²) < 4.78 is 6.21. The first kappa shape index (κ1) is 11.9. The van der Waals surface area contributed by atoms with Crippen LogP contribution in [0.4, 0.5) is 0 Å². The summed E-state index contributed by atoms with van der Waals surface area (Å²) in [7, 11) is 0. The Kier molecular flexibility index (Phi) is 3.84. The molecule has 0 fully saturated rings. The largest absolute Gasteiger partial charge is 0.453 e. The first-order valence-electron chi connectivity index (χ1n) is 5.19. The molecule has 1 unspecified atom stereocenters. The fourth-order valence-electron chi connectivity index (χ4n) is 1.49. The Bertz CT molecular complexity index is 463. The Morgan fingerprint density at radius 2 is 2.19 bits per heavy atom. The van der Waals surface area contributed by atoms with Crippen molar-refractivity contribution in [2.24, 2.45) is 0 Å². The molecule has 0 bridgehead atoms. The topological polar surface area (TPSA) is 25.2 Å². The average Bonchev–Trinajstić information content (AvgIpc) is 2.84. The van der Waals surface area contributed by atoms with Crippen molar-refractivity contribution < 1.29 is 4.42 Å². The zero-order valence-corrected chi connectivity index (χ0v) is 11.7. The molecule has 2 heterocycles. The molecule has 2 aromatic heterocycles. The van der Waals surface area contributed by atoms with E-state index in [4.69, 9.17) is 4.42 Å². The van der Waals surface area contributed by atoms with Gasteiger partial charge in [0, 0.05) is 15.8 Å². The Hall–Kier alpha value is -0.580. The van der Waals surface area contributed by atoms with Crippen LogP contribution in [-0.2, 0) is 6.54 Å². The quantitative estimate of drug-likeness (QED) is 0.912. The smallest absolute Gasteiger partial charge is 0.169 e. The van der Waals surface area contributed by atoms with Crippen molar-refractivity contribution in [3.8, 4) is 0 Å². The molecule has 2 aromatic rings. The number of furan rings is 1. The predicted molar refractivity (Wildman–Crippen MR) is 70.7 cm³/mol. The summed E-state index contributed by atoms with van der Waals surface area (Å²) in [5, 5.41) is 3.44. The molecule has 0 aliphatic heterocycles. The molecule has 1 N–H and O–H groups in total. The standard InChI is InChI=1S/C12H14BrNOS/c1-8-3-5-11(16-8)9(2)14-7-10-4-6-12(13)15-10/h3-6,9,14H,7H2,1-2H3. The van der Waals surface area contributed by atoms with E-state index in [1.54, 1.807) is 0 Å². The van der Waals surface area contributed by atoms with Crippen LogP contribution in [0.3, 0.4) is 0 Å². The molecule has 0 amide bonds. The number of halogens is 1. The van der Waals surface area contributed by atoms with E-state index < -0.39 is 0 Å². The van der Waals surface area contributed by atoms with Gasteiger partial charge in [-0.2, -0.15) is 0 Å². The van der Waals surface area contributed by atoms with Crippen molar-refractivity contribution in [3.63, 3.8) is 0 Å². The summed E-state index contributed by atoms with van der Waals surface area (Å²) in [5.41, 5.74) is 0. The third kappa shape index (κ3) is 2.97. The van der Waals surface area contributed by atoms with Crippen molar-refractivity contribution in [1.82, 2.24) is 5.32 Å². The molecular weight excluding hydrogens is 286 g/mol. The van der Waals surface area contributed by atoms with Crippen molar-refractivity contribution in [2.75, 3.05) is 0 Å². The molecule has 0 aliphatic rings. The van der Waals surface area contributed by atoms with Gasteiger partial charge in [0.2, 0.25) is 0 Å². The van der Waals surface area contributed by atoms with E-state index in [0.717, 1.165) is 17.0 Å². The maximum absolute atomic E-state index is 5.43. The summed E-state index contributed by atoms with van der Waals surface area (Å²) in [4.78, 5) is 2.72. The highest BCUT2D eigenvalue weighted by Gasteiger charge is 2.08. The van der Waals surface area contributed by atoms with Crippen molar-refractivity contribution in [3.05, 3.63) is 44.4 Å². The number of rotatable bonds is 4. The monoisotopic (exact) mass is 299 g/mol. The summed E-state index contributed by atoms with van der Waals surface area (Å²) in [6.07, 6.45) is 0. The summed E-state index contributed by atoms with van der Waals surface area (Å²) in [6, 6.07) is 8.58. The molecule has 0 saturated heterocycles. The van der Waals surface area contributed by atoms with Crippen LogP contribution in [0.25, 0.3) is 0 Å². The lowest BCUT2D eigenvalue weighted by molar-refractivity contribution is 0.448. The Morgan fingerprint density at radius 1 is 1.38 bits per heavy atom. The number of hydrogen-bond acceptors (Lipinski definition) is 3. The Balaban J connectivity index is 1.91. The van der Waals surface area contributed by atoms with E-state index in [0.29, 0.717) is 6.04 Å². The van der Waals surface area contributed by atoms with Gasteiger partial charge in [-0.1, -0.05) is 0 Å². The molecule has 0 aromatic carbocycles. The SMILES string of the molecule is Cc1ccc(C(C)NCc2ccc(Br)o2)s1. The van der Waals surface area contributed by atoms with Crippen molar-refractivity contribution in [1.29, 1.82) is 0 Å². The highest BCUT2D eigenvalue weighted by atomic mass is 79.9. The van der Waals surface area contributed by atoms with Gasteiger partial charge in [-0.3, -0.25) is 0 Å². The number of nitrogens with one attached hydrogen (secondary N) is 1. The third-order valence-corrected chi connectivity index (χ3v) is 4.01. The van der Waals surface area contributed by atoms with E-state index in [9.17, 15) is 0 Å². The van der Waals surface area contributed by atoms with Crippen molar-refractivity contribution in [2.45, 2.75) is 26.4 Å². The molecule has 0 spiro atoms. The van der Waals surface area contributed by atoms with Crippen LogP contribution >= 0.6 is 27.3 Å². The number of hydrogen-bond donors (Lipinski definition) is 1. The second-order valence-electron chi connectivity index (χ2n) is 3.76. The van der Waals surface area contributed by atoms with E-state index in [1.807, 2.05) is 23.5 Å². The third-order valence-electron chi connectivity index (χ3n) is 2.40. The van der Waals surface area contributed by atoms with Crippen LogP contribution in [0.1, 0.15) is 28.5 Å². The molecule has 1 atom stereocenters. The van der Waals surface area contributed by atoms with E-state index in [2.05, 4.69) is 47.2 Å². The molecule has 4 heteroatoms. The molecule has 2 nitrogen and oxygen atoms in total. The highest BCUT2D eigenvalue weighted by molar-refractivity contribution is 9.10. The minimum Gasteiger partial charge on any atom is -0.453 e. The van der Waals surface area contributed by atoms with Gasteiger partial charge >= 0.3 is 0 Å². The highest BCUT2D eigenvalue weighted by Crippen LogP contribution is 2.23. The normalized spacial score (nSPS) is 12.9. The molecule has 2 rings (SSSR count). The number of thiophene rings is 1. The minimum atomic E-state index is 0.363. The van der Waals surface area contributed by atoms with Gasteiger partial charge in [0.25, 0.3) is 0 Å². The van der Waals surface area contributed by atoms with E-state index in [-0.39, 0.29) is 0 Å². The van der Waals surface area contributed by atoms with Crippen LogP contribution in [0.5, 0.6) is 0 Å². The first-order valence-corrected chi connectivity index (χ1v) is 6.80. The predicted octanol–water partition coefficient (Wildman–Crippen LogP) is 4.26. The van der Waals surface area contributed by atoms with Gasteiger partial charge in [0.05, 0.1) is 6.54 Å². The molecule has 0 aliphatic carbocycles. The lowest BCUT2D eigenvalue weighted by Gasteiger charge is -2.10. The maximum atomic E-state index is 5.43. The summed E-state index contributed by atoms with van der Waals surface area (Å²) in [6.45, 7) is 5.05. The fraction of sp³-hybridized carbons (Fsp3) is 0.333. The van der Waals surface area contributed by atoms with Crippen LogP contribution in [0, 0.1) is 6.92 Å².